The number of rotatable bonds is 8. The number of hydrogen-bond donors (Lipinski definition) is 0. The van der Waals surface area contributed by atoms with Gasteiger partial charge >= 0.3 is 12.4 Å². The van der Waals surface area contributed by atoms with Crippen LogP contribution in [-0.2, 0) is 21.4 Å². The fourth-order valence-corrected chi connectivity index (χ4v) is 5.85. The van der Waals surface area contributed by atoms with Gasteiger partial charge in [-0.15, -0.1) is 11.3 Å². The highest BCUT2D eigenvalue weighted by Gasteiger charge is 2.68. The number of hydrogen-bond acceptors (Lipinski definition) is 8. The molecule has 0 unspecified atom stereocenters. The summed E-state index contributed by atoms with van der Waals surface area (Å²) in [5.41, 5.74) is -5.72. The van der Waals surface area contributed by atoms with Crippen LogP contribution in [0.2, 0.25) is 0 Å². The van der Waals surface area contributed by atoms with Gasteiger partial charge in [-0.25, -0.2) is 4.98 Å². The van der Waals surface area contributed by atoms with Crippen molar-refractivity contribution in [1.82, 2.24) is 20.0 Å². The Labute approximate surface area is 241 Å². The third-order valence-corrected chi connectivity index (χ3v) is 8.51. The Morgan fingerprint density at radius 1 is 1.14 bits per heavy atom. The van der Waals surface area contributed by atoms with Crippen molar-refractivity contribution < 1.29 is 45.2 Å². The summed E-state index contributed by atoms with van der Waals surface area (Å²) in [6.45, 7) is 7.39. The Bertz CT molecular complexity index is 1470. The van der Waals surface area contributed by atoms with Crippen molar-refractivity contribution >= 4 is 23.7 Å². The van der Waals surface area contributed by atoms with E-state index < -0.39 is 34.8 Å². The number of aryl methyl sites for hydroxylation is 1. The van der Waals surface area contributed by atoms with Crippen LogP contribution >= 0.6 is 11.3 Å². The zero-order valence-electron chi connectivity index (χ0n) is 23.3. The Kier molecular flexibility index (Phi) is 8.21. The minimum Gasteiger partial charge on any atom is -0.461 e. The van der Waals surface area contributed by atoms with E-state index in [4.69, 9.17) is 9.26 Å². The molecular weight excluding hydrogens is 590 g/mol. The van der Waals surface area contributed by atoms with E-state index in [1.807, 2.05) is 6.92 Å². The molecule has 0 N–H and O–H groups in total. The van der Waals surface area contributed by atoms with E-state index in [1.165, 1.54) is 6.92 Å². The summed E-state index contributed by atoms with van der Waals surface area (Å²) < 4.78 is 92.7. The maximum absolute atomic E-state index is 13.7. The number of thiazole rings is 1. The average molecular weight is 619 g/mol. The molecule has 0 bridgehead atoms. The predicted molar refractivity (Wildman–Crippen MR) is 140 cm³/mol. The molecule has 0 radical (unpaired) electrons. The molecule has 228 valence electrons. The van der Waals surface area contributed by atoms with Gasteiger partial charge in [0.05, 0.1) is 11.3 Å². The van der Waals surface area contributed by atoms with Gasteiger partial charge in [-0.3, -0.25) is 9.59 Å². The van der Waals surface area contributed by atoms with Gasteiger partial charge in [-0.1, -0.05) is 23.4 Å². The SMILES string of the molecule is Cc1cc(C(C)(C(F)(F)F)C(F)(F)F)ccc1-c1sc(-c2noc(CC(C)(C)OC=O)n2)nc1C(=O)N1CCC[C@@H]1C. The van der Waals surface area contributed by atoms with Gasteiger partial charge < -0.3 is 14.2 Å². The Morgan fingerprint density at radius 3 is 2.36 bits per heavy atom. The molecule has 3 aromatic rings. The first-order valence-corrected chi connectivity index (χ1v) is 13.7. The second-order valence-corrected chi connectivity index (χ2v) is 12.0. The normalized spacial score (nSPS) is 16.6. The van der Waals surface area contributed by atoms with Crippen LogP contribution in [0, 0.1) is 6.92 Å². The first kappa shape index (κ1) is 31.4. The number of benzene rings is 1. The quantitative estimate of drug-likeness (QED) is 0.205. The standard InChI is InChI=1S/C27H28F6N4O4S/c1-14-11-16(25(5,26(28,29)30)27(31,32)33)8-9-17(14)20-19(23(39)37-10-6-7-15(37)2)35-22(42-20)21-34-18(41-36-21)12-24(3,4)40-13-38/h8-9,11,13,15H,6-7,10,12H2,1-5H3/t15-/m0/s1. The number of alkyl halides is 6. The van der Waals surface area contributed by atoms with Crippen molar-refractivity contribution in [2.24, 2.45) is 0 Å². The fraction of sp³-hybridized carbons (Fsp3) is 0.519. The van der Waals surface area contributed by atoms with Gasteiger partial charge in [-0.05, 0) is 64.2 Å². The van der Waals surface area contributed by atoms with Crippen LogP contribution in [0.4, 0.5) is 26.3 Å². The van der Waals surface area contributed by atoms with Crippen LogP contribution in [0.15, 0.2) is 22.7 Å². The number of carbonyl (C=O) groups is 2. The molecule has 2 aromatic heterocycles. The molecule has 1 aromatic carbocycles. The molecule has 1 atom stereocenters. The molecule has 1 aliphatic heterocycles. The molecule has 0 saturated carbocycles. The van der Waals surface area contributed by atoms with Crippen LogP contribution in [0.1, 0.15) is 68.0 Å². The topological polar surface area (TPSA) is 98.4 Å². The largest absolute Gasteiger partial charge is 0.461 e. The predicted octanol–water partition coefficient (Wildman–Crippen LogP) is 6.67. The van der Waals surface area contributed by atoms with Gasteiger partial charge in [0.2, 0.25) is 11.7 Å². The Balaban J connectivity index is 1.81. The lowest BCUT2D eigenvalue weighted by molar-refractivity contribution is -0.297. The number of amides is 1. The first-order valence-electron chi connectivity index (χ1n) is 12.9. The molecule has 1 amide bonds. The van der Waals surface area contributed by atoms with E-state index in [2.05, 4.69) is 15.1 Å². The minimum atomic E-state index is -5.61. The van der Waals surface area contributed by atoms with Gasteiger partial charge in [0, 0.05) is 12.6 Å². The van der Waals surface area contributed by atoms with Crippen molar-refractivity contribution in [1.29, 1.82) is 0 Å². The van der Waals surface area contributed by atoms with Gasteiger partial charge in [0.15, 0.2) is 10.4 Å². The van der Waals surface area contributed by atoms with Gasteiger partial charge in [-0.2, -0.15) is 31.3 Å². The van der Waals surface area contributed by atoms with Crippen LogP contribution in [-0.4, -0.2) is 62.9 Å². The summed E-state index contributed by atoms with van der Waals surface area (Å²) in [7, 11) is 0. The molecule has 1 saturated heterocycles. The molecule has 0 spiro atoms. The Morgan fingerprint density at radius 2 is 1.81 bits per heavy atom. The summed E-state index contributed by atoms with van der Waals surface area (Å²) >= 11 is 0.959. The van der Waals surface area contributed by atoms with Crippen molar-refractivity contribution in [3.63, 3.8) is 0 Å². The molecule has 1 aliphatic rings. The van der Waals surface area contributed by atoms with Crippen LogP contribution in [0.3, 0.4) is 0 Å². The maximum Gasteiger partial charge on any atom is 0.406 e. The van der Waals surface area contributed by atoms with E-state index >= 15 is 0 Å². The van der Waals surface area contributed by atoms with E-state index in [1.54, 1.807) is 18.7 Å². The van der Waals surface area contributed by atoms with Crippen LogP contribution in [0.5, 0.6) is 0 Å². The lowest BCUT2D eigenvalue weighted by Crippen LogP contribution is -2.51. The minimum absolute atomic E-state index is 0.0164. The zero-order chi connectivity index (χ0) is 31.3. The van der Waals surface area contributed by atoms with Crippen molar-refractivity contribution in [3.05, 3.63) is 40.9 Å². The smallest absolute Gasteiger partial charge is 0.406 e. The molecule has 1 fully saturated rings. The third-order valence-electron chi connectivity index (χ3n) is 7.43. The van der Waals surface area contributed by atoms with Crippen molar-refractivity contribution in [2.75, 3.05) is 6.54 Å². The molecule has 0 aliphatic carbocycles. The number of ether oxygens (including phenoxy) is 1. The van der Waals surface area contributed by atoms with Gasteiger partial charge in [0.1, 0.15) is 11.3 Å². The summed E-state index contributed by atoms with van der Waals surface area (Å²) in [5, 5.41) is 4.07. The van der Waals surface area contributed by atoms with Crippen LogP contribution in [0.25, 0.3) is 21.3 Å². The molecule has 42 heavy (non-hydrogen) atoms. The highest BCUT2D eigenvalue weighted by molar-refractivity contribution is 7.18. The third kappa shape index (κ3) is 5.75. The lowest BCUT2D eigenvalue weighted by atomic mass is 9.79. The lowest BCUT2D eigenvalue weighted by Gasteiger charge is -2.34. The molecular formula is C27H28F6N4O4S. The van der Waals surface area contributed by atoms with Crippen molar-refractivity contribution in [2.45, 2.75) is 83.3 Å². The molecule has 4 rings (SSSR count). The summed E-state index contributed by atoms with van der Waals surface area (Å²) in [5.74, 6) is -0.294. The summed E-state index contributed by atoms with van der Waals surface area (Å²) in [6, 6.07) is 2.67. The second-order valence-electron chi connectivity index (χ2n) is 11.0. The average Bonchev–Trinajstić information content (AvgIpc) is 3.61. The highest BCUT2D eigenvalue weighted by Crippen LogP contribution is 2.52. The zero-order valence-corrected chi connectivity index (χ0v) is 24.1. The van der Waals surface area contributed by atoms with E-state index in [9.17, 15) is 35.9 Å². The molecule has 8 nitrogen and oxygen atoms in total. The van der Waals surface area contributed by atoms with Crippen molar-refractivity contribution in [3.8, 4) is 21.3 Å². The number of halogens is 6. The maximum atomic E-state index is 13.7. The second kappa shape index (κ2) is 11.0. The van der Waals surface area contributed by atoms with Gasteiger partial charge in [0.25, 0.3) is 12.4 Å². The monoisotopic (exact) mass is 618 g/mol. The molecule has 15 heteroatoms. The summed E-state index contributed by atoms with van der Waals surface area (Å²) in [6.07, 6.45) is -9.59. The fourth-order valence-electron chi connectivity index (χ4n) is 4.78. The van der Waals surface area contributed by atoms with Crippen LogP contribution < -0.4 is 0 Å². The number of aromatic nitrogens is 3. The summed E-state index contributed by atoms with van der Waals surface area (Å²) in [4.78, 5) is 35.0. The first-order chi connectivity index (χ1) is 19.4. The van der Waals surface area contributed by atoms with E-state index in [-0.39, 0.29) is 57.8 Å². The highest BCUT2D eigenvalue weighted by atomic mass is 32.1. The Hall–Kier alpha value is -3.49. The van der Waals surface area contributed by atoms with E-state index in [0.29, 0.717) is 13.0 Å². The number of likely N-dealkylation sites (tertiary alicyclic amines) is 1. The molecule has 3 heterocycles. The number of carbonyl (C=O) groups excluding carboxylic acids is 2. The van der Waals surface area contributed by atoms with E-state index in [0.717, 1.165) is 42.4 Å². The number of nitrogens with zero attached hydrogens (tertiary/aromatic N) is 4.